The van der Waals surface area contributed by atoms with Gasteiger partial charge in [0.05, 0.1) is 0 Å². The molecule has 5 nitrogen and oxygen atoms in total. The molecule has 114 valence electrons. The second-order valence-electron chi connectivity index (χ2n) is 5.18. The summed E-state index contributed by atoms with van der Waals surface area (Å²) in [7, 11) is 0. The van der Waals surface area contributed by atoms with E-state index in [-0.39, 0.29) is 17.6 Å². The summed E-state index contributed by atoms with van der Waals surface area (Å²) in [6.07, 6.45) is 1.56. The summed E-state index contributed by atoms with van der Waals surface area (Å²) < 4.78 is 12.7. The van der Waals surface area contributed by atoms with E-state index < -0.39 is 0 Å². The van der Waals surface area contributed by atoms with E-state index in [9.17, 15) is 14.0 Å². The molecule has 0 aromatic heterocycles. The maximum absolute atomic E-state index is 12.7. The molecule has 1 aliphatic heterocycles. The fraction of sp³-hybridized carbons (Fsp3) is 0.467. The SMILES string of the molecule is O=C(C[C@H]1CCNC1)NCCNC(=O)c1ccc(F)cc1. The Morgan fingerprint density at radius 3 is 2.57 bits per heavy atom. The zero-order chi connectivity index (χ0) is 15.1. The van der Waals surface area contributed by atoms with E-state index >= 15 is 0 Å². The van der Waals surface area contributed by atoms with E-state index in [1.165, 1.54) is 24.3 Å². The topological polar surface area (TPSA) is 70.2 Å². The number of carbonyl (C=O) groups is 2. The van der Waals surface area contributed by atoms with Gasteiger partial charge in [0.2, 0.25) is 5.91 Å². The highest BCUT2D eigenvalue weighted by molar-refractivity contribution is 5.94. The van der Waals surface area contributed by atoms with E-state index in [0.717, 1.165) is 19.5 Å². The van der Waals surface area contributed by atoms with Gasteiger partial charge in [-0.05, 0) is 49.7 Å². The number of amides is 2. The zero-order valence-electron chi connectivity index (χ0n) is 11.8. The van der Waals surface area contributed by atoms with Crippen LogP contribution in [-0.2, 0) is 4.79 Å². The van der Waals surface area contributed by atoms with Gasteiger partial charge in [-0.3, -0.25) is 9.59 Å². The molecule has 0 aliphatic carbocycles. The normalized spacial score (nSPS) is 17.5. The zero-order valence-corrected chi connectivity index (χ0v) is 11.8. The van der Waals surface area contributed by atoms with Gasteiger partial charge in [-0.1, -0.05) is 0 Å². The van der Waals surface area contributed by atoms with Crippen LogP contribution in [0.15, 0.2) is 24.3 Å². The second kappa shape index (κ2) is 7.73. The molecular formula is C15H20FN3O2. The van der Waals surface area contributed by atoms with Crippen molar-refractivity contribution in [3.8, 4) is 0 Å². The maximum atomic E-state index is 12.7. The first-order valence-corrected chi connectivity index (χ1v) is 7.16. The van der Waals surface area contributed by atoms with Crippen LogP contribution in [0.1, 0.15) is 23.2 Å². The first kappa shape index (κ1) is 15.4. The van der Waals surface area contributed by atoms with Gasteiger partial charge >= 0.3 is 0 Å². The monoisotopic (exact) mass is 293 g/mol. The smallest absolute Gasteiger partial charge is 0.251 e. The Morgan fingerprint density at radius 1 is 1.19 bits per heavy atom. The molecule has 1 aromatic carbocycles. The first-order valence-electron chi connectivity index (χ1n) is 7.16. The molecule has 6 heteroatoms. The van der Waals surface area contributed by atoms with E-state index in [0.29, 0.717) is 31.0 Å². The lowest BCUT2D eigenvalue weighted by molar-refractivity contribution is -0.121. The van der Waals surface area contributed by atoms with E-state index in [4.69, 9.17) is 0 Å². The summed E-state index contributed by atoms with van der Waals surface area (Å²) in [5.74, 6) is -0.219. The third kappa shape index (κ3) is 5.15. The average Bonchev–Trinajstić information content (AvgIpc) is 2.97. The minimum Gasteiger partial charge on any atom is -0.354 e. The van der Waals surface area contributed by atoms with Crippen molar-refractivity contribution < 1.29 is 14.0 Å². The molecule has 0 radical (unpaired) electrons. The lowest BCUT2D eigenvalue weighted by Crippen LogP contribution is -2.35. The number of nitrogens with one attached hydrogen (secondary N) is 3. The highest BCUT2D eigenvalue weighted by Gasteiger charge is 2.17. The Morgan fingerprint density at radius 2 is 1.90 bits per heavy atom. The minimum absolute atomic E-state index is 0.0136. The van der Waals surface area contributed by atoms with Gasteiger partial charge in [-0.25, -0.2) is 4.39 Å². The Kier molecular flexibility index (Phi) is 5.68. The van der Waals surface area contributed by atoms with Crippen LogP contribution >= 0.6 is 0 Å². The van der Waals surface area contributed by atoms with Crippen LogP contribution < -0.4 is 16.0 Å². The number of halogens is 1. The molecule has 1 atom stereocenters. The van der Waals surface area contributed by atoms with E-state index in [1.54, 1.807) is 0 Å². The van der Waals surface area contributed by atoms with Gasteiger partial charge in [0.25, 0.3) is 5.91 Å². The molecule has 2 rings (SSSR count). The van der Waals surface area contributed by atoms with Crippen LogP contribution in [0.4, 0.5) is 4.39 Å². The van der Waals surface area contributed by atoms with Gasteiger partial charge in [-0.2, -0.15) is 0 Å². The van der Waals surface area contributed by atoms with Crippen molar-refractivity contribution in [2.24, 2.45) is 5.92 Å². The summed E-state index contributed by atoms with van der Waals surface area (Å²) in [5, 5.41) is 8.68. The quantitative estimate of drug-likeness (QED) is 0.675. The lowest BCUT2D eigenvalue weighted by Gasteiger charge is -2.10. The van der Waals surface area contributed by atoms with Crippen molar-refractivity contribution in [2.75, 3.05) is 26.2 Å². The van der Waals surface area contributed by atoms with Gasteiger partial charge in [-0.15, -0.1) is 0 Å². The Labute approximate surface area is 123 Å². The minimum atomic E-state index is -0.375. The number of hydrogen-bond donors (Lipinski definition) is 3. The molecule has 1 aromatic rings. The highest BCUT2D eigenvalue weighted by Crippen LogP contribution is 2.11. The van der Waals surface area contributed by atoms with Crippen molar-refractivity contribution in [3.05, 3.63) is 35.6 Å². The van der Waals surface area contributed by atoms with E-state index in [2.05, 4.69) is 16.0 Å². The van der Waals surface area contributed by atoms with Crippen LogP contribution in [-0.4, -0.2) is 38.0 Å². The molecule has 2 amide bonds. The Bertz CT molecular complexity index is 484. The van der Waals surface area contributed by atoms with Gasteiger partial charge < -0.3 is 16.0 Å². The third-order valence-electron chi connectivity index (χ3n) is 3.48. The van der Waals surface area contributed by atoms with Crippen molar-refractivity contribution in [2.45, 2.75) is 12.8 Å². The van der Waals surface area contributed by atoms with Crippen molar-refractivity contribution in [1.82, 2.24) is 16.0 Å². The van der Waals surface area contributed by atoms with Crippen LogP contribution in [0.2, 0.25) is 0 Å². The molecule has 1 aliphatic rings. The highest BCUT2D eigenvalue weighted by atomic mass is 19.1. The fourth-order valence-electron chi connectivity index (χ4n) is 2.30. The summed E-state index contributed by atoms with van der Waals surface area (Å²) >= 11 is 0. The molecular weight excluding hydrogens is 273 g/mol. The largest absolute Gasteiger partial charge is 0.354 e. The number of carbonyl (C=O) groups excluding carboxylic acids is 2. The molecule has 21 heavy (non-hydrogen) atoms. The van der Waals surface area contributed by atoms with Gasteiger partial charge in [0.1, 0.15) is 5.82 Å². The molecule has 0 bridgehead atoms. The second-order valence-corrected chi connectivity index (χ2v) is 5.18. The molecule has 1 fully saturated rings. The predicted molar refractivity (Wildman–Crippen MR) is 77.3 cm³/mol. The summed E-state index contributed by atoms with van der Waals surface area (Å²) in [4.78, 5) is 23.4. The molecule has 0 unspecified atom stereocenters. The molecule has 1 heterocycles. The Hall–Kier alpha value is -1.95. The number of rotatable bonds is 6. The predicted octanol–water partition coefficient (Wildman–Crippen LogP) is 0.671. The molecule has 3 N–H and O–H groups in total. The fourth-order valence-corrected chi connectivity index (χ4v) is 2.30. The molecule has 0 saturated carbocycles. The van der Waals surface area contributed by atoms with Crippen molar-refractivity contribution in [3.63, 3.8) is 0 Å². The maximum Gasteiger partial charge on any atom is 0.251 e. The standard InChI is InChI=1S/C15H20FN3O2/c16-13-3-1-12(2-4-13)15(21)19-8-7-18-14(20)9-11-5-6-17-10-11/h1-4,11,17H,5-10H2,(H,18,20)(H,19,21)/t11-/m1/s1. The number of hydrogen-bond acceptors (Lipinski definition) is 3. The third-order valence-corrected chi connectivity index (χ3v) is 3.48. The van der Waals surface area contributed by atoms with Crippen LogP contribution in [0.25, 0.3) is 0 Å². The van der Waals surface area contributed by atoms with Crippen LogP contribution in [0, 0.1) is 11.7 Å². The van der Waals surface area contributed by atoms with Crippen molar-refractivity contribution >= 4 is 11.8 Å². The number of benzene rings is 1. The summed E-state index contributed by atoms with van der Waals surface area (Å²) in [5.41, 5.74) is 0.403. The van der Waals surface area contributed by atoms with Crippen LogP contribution in [0.5, 0.6) is 0 Å². The van der Waals surface area contributed by atoms with Gasteiger partial charge in [0.15, 0.2) is 0 Å². The van der Waals surface area contributed by atoms with E-state index in [1.807, 2.05) is 0 Å². The first-order chi connectivity index (χ1) is 10.1. The summed E-state index contributed by atoms with van der Waals surface area (Å²) in [6, 6.07) is 5.34. The summed E-state index contributed by atoms with van der Waals surface area (Å²) in [6.45, 7) is 2.62. The van der Waals surface area contributed by atoms with Gasteiger partial charge in [0, 0.05) is 25.1 Å². The Balaban J connectivity index is 1.61. The lowest BCUT2D eigenvalue weighted by atomic mass is 10.0. The van der Waals surface area contributed by atoms with Crippen molar-refractivity contribution in [1.29, 1.82) is 0 Å². The average molecular weight is 293 g/mol. The van der Waals surface area contributed by atoms with Crippen LogP contribution in [0.3, 0.4) is 0 Å². The molecule has 0 spiro atoms. The molecule has 1 saturated heterocycles.